The molecule has 0 bridgehead atoms. The van der Waals surface area contributed by atoms with Gasteiger partial charge in [0.15, 0.2) is 18.1 Å². The van der Waals surface area contributed by atoms with Crippen LogP contribution in [0.2, 0.25) is 0 Å². The van der Waals surface area contributed by atoms with Crippen LogP contribution in [0.3, 0.4) is 0 Å². The molecule has 0 amide bonds. The molecule has 3 rings (SSSR count). The molecule has 0 aliphatic rings. The number of rotatable bonds is 10. The number of Topliss-reactive ketones (excluding diaryl/α,β-unsaturated/α-hetero) is 1. The van der Waals surface area contributed by atoms with Gasteiger partial charge in [-0.15, -0.1) is 0 Å². The molecule has 7 nitrogen and oxygen atoms in total. The summed E-state index contributed by atoms with van der Waals surface area (Å²) in [7, 11) is 3.20. The maximum absolute atomic E-state index is 12.7. The molecule has 0 radical (unpaired) electrons. The summed E-state index contributed by atoms with van der Waals surface area (Å²) in [5.41, 5.74) is 4.14. The second-order valence-electron chi connectivity index (χ2n) is 7.61. The number of nitrogens with zero attached hydrogens (tertiary/aromatic N) is 1. The molecule has 0 N–H and O–H groups in total. The van der Waals surface area contributed by atoms with Crippen molar-refractivity contribution >= 4 is 18.0 Å². The van der Waals surface area contributed by atoms with Gasteiger partial charge in [0.05, 0.1) is 19.8 Å². The number of hydrogen-bond donors (Lipinski definition) is 0. The topological polar surface area (TPSA) is 83.8 Å². The highest BCUT2D eigenvalue weighted by molar-refractivity contribution is 6.00. The van der Waals surface area contributed by atoms with Crippen LogP contribution < -0.4 is 9.47 Å². The molecular weight excluding hydrogens is 422 g/mol. The zero-order valence-corrected chi connectivity index (χ0v) is 19.2. The average Bonchev–Trinajstić information content (AvgIpc) is 3.13. The van der Waals surface area contributed by atoms with Crippen LogP contribution in [0.4, 0.5) is 0 Å². The fourth-order valence-corrected chi connectivity index (χ4v) is 3.69. The Hall–Kier alpha value is -3.87. The number of aromatic nitrogens is 1. The molecule has 0 fully saturated rings. The third-order valence-corrected chi connectivity index (χ3v) is 5.56. The summed E-state index contributed by atoms with van der Waals surface area (Å²) in [6, 6.07) is 13.7. The Kier molecular flexibility index (Phi) is 7.66. The number of methoxy groups -OCH3 is 2. The number of aldehydes is 1. The second-order valence-corrected chi connectivity index (χ2v) is 7.61. The first-order valence-corrected chi connectivity index (χ1v) is 10.5. The van der Waals surface area contributed by atoms with E-state index in [2.05, 4.69) is 4.57 Å². The van der Waals surface area contributed by atoms with E-state index in [4.69, 9.17) is 14.2 Å². The number of hydrogen-bond acceptors (Lipinski definition) is 6. The van der Waals surface area contributed by atoms with Crippen LogP contribution >= 0.6 is 0 Å². The number of ketones is 1. The standard InChI is InChI=1S/C26H27NO6/c1-17-13-22(23(29)16-33-26(30)21-8-5-20(15-28)6-9-21)18(2)27(17)12-11-19-7-10-24(31-3)25(14-19)32-4/h5-10,13-15H,11-12,16H2,1-4H3. The summed E-state index contributed by atoms with van der Waals surface area (Å²) in [5, 5.41) is 0. The summed E-state index contributed by atoms with van der Waals surface area (Å²) in [5.74, 6) is 0.479. The van der Waals surface area contributed by atoms with Crippen molar-refractivity contribution in [1.29, 1.82) is 0 Å². The fraction of sp³-hybridized carbons (Fsp3) is 0.269. The molecular formula is C26H27NO6. The Labute approximate surface area is 192 Å². The van der Waals surface area contributed by atoms with E-state index in [-0.39, 0.29) is 18.0 Å². The number of esters is 1. The van der Waals surface area contributed by atoms with Gasteiger partial charge in [0.25, 0.3) is 0 Å². The fourth-order valence-electron chi connectivity index (χ4n) is 3.69. The molecule has 1 aromatic heterocycles. The van der Waals surface area contributed by atoms with Crippen molar-refractivity contribution in [3.05, 3.63) is 82.2 Å². The lowest BCUT2D eigenvalue weighted by atomic mass is 10.1. The molecule has 0 aliphatic heterocycles. The van der Waals surface area contributed by atoms with Gasteiger partial charge < -0.3 is 18.8 Å². The number of aryl methyl sites for hydroxylation is 2. The van der Waals surface area contributed by atoms with Crippen LogP contribution in [0, 0.1) is 13.8 Å². The number of carbonyl (C=O) groups is 3. The van der Waals surface area contributed by atoms with E-state index in [9.17, 15) is 14.4 Å². The van der Waals surface area contributed by atoms with Crippen molar-refractivity contribution in [3.63, 3.8) is 0 Å². The Morgan fingerprint density at radius 2 is 1.64 bits per heavy atom. The third kappa shape index (κ3) is 5.49. The van der Waals surface area contributed by atoms with E-state index >= 15 is 0 Å². The van der Waals surface area contributed by atoms with E-state index in [1.807, 2.05) is 38.1 Å². The van der Waals surface area contributed by atoms with Crippen LogP contribution in [-0.2, 0) is 17.7 Å². The van der Waals surface area contributed by atoms with Gasteiger partial charge in [0.2, 0.25) is 5.78 Å². The molecule has 33 heavy (non-hydrogen) atoms. The number of ether oxygens (including phenoxy) is 3. The maximum Gasteiger partial charge on any atom is 0.338 e. The summed E-state index contributed by atoms with van der Waals surface area (Å²) in [6.07, 6.45) is 1.44. The van der Waals surface area contributed by atoms with Gasteiger partial charge in [-0.3, -0.25) is 9.59 Å². The molecule has 1 heterocycles. The van der Waals surface area contributed by atoms with E-state index in [0.29, 0.717) is 35.5 Å². The minimum Gasteiger partial charge on any atom is -0.493 e. The zero-order chi connectivity index (χ0) is 24.0. The molecule has 3 aromatic rings. The summed E-state index contributed by atoms with van der Waals surface area (Å²) < 4.78 is 17.9. The van der Waals surface area contributed by atoms with Crippen molar-refractivity contribution < 1.29 is 28.6 Å². The van der Waals surface area contributed by atoms with Crippen LogP contribution in [0.1, 0.15) is 48.0 Å². The Balaban J connectivity index is 1.64. The lowest BCUT2D eigenvalue weighted by molar-refractivity contribution is 0.0474. The predicted octanol–water partition coefficient (Wildman–Crippen LogP) is 4.22. The van der Waals surface area contributed by atoms with Crippen molar-refractivity contribution in [2.24, 2.45) is 0 Å². The second kappa shape index (κ2) is 10.6. The highest BCUT2D eigenvalue weighted by Crippen LogP contribution is 2.28. The molecule has 2 aromatic carbocycles. The lowest BCUT2D eigenvalue weighted by Crippen LogP contribution is -2.15. The minimum atomic E-state index is -0.608. The highest BCUT2D eigenvalue weighted by Gasteiger charge is 2.18. The molecule has 7 heteroatoms. The molecule has 0 aliphatic carbocycles. The largest absolute Gasteiger partial charge is 0.493 e. The average molecular weight is 450 g/mol. The van der Waals surface area contributed by atoms with Crippen LogP contribution in [0.15, 0.2) is 48.5 Å². The van der Waals surface area contributed by atoms with E-state index in [1.165, 1.54) is 24.3 Å². The third-order valence-electron chi connectivity index (χ3n) is 5.56. The Bertz CT molecular complexity index is 1160. The van der Waals surface area contributed by atoms with Gasteiger partial charge in [-0.25, -0.2) is 4.79 Å². The first-order chi connectivity index (χ1) is 15.9. The zero-order valence-electron chi connectivity index (χ0n) is 19.2. The molecule has 172 valence electrons. The molecule has 0 saturated heterocycles. The van der Waals surface area contributed by atoms with Gasteiger partial charge in [-0.05, 0) is 56.2 Å². The first kappa shape index (κ1) is 23.8. The normalized spacial score (nSPS) is 10.5. The molecule has 0 atom stereocenters. The Morgan fingerprint density at radius 3 is 2.27 bits per heavy atom. The quantitative estimate of drug-likeness (QED) is 0.262. The monoisotopic (exact) mass is 449 g/mol. The van der Waals surface area contributed by atoms with Gasteiger partial charge in [0, 0.05) is 29.1 Å². The Morgan fingerprint density at radius 1 is 0.939 bits per heavy atom. The first-order valence-electron chi connectivity index (χ1n) is 10.5. The van der Waals surface area contributed by atoms with Crippen LogP contribution in [0.25, 0.3) is 0 Å². The van der Waals surface area contributed by atoms with Crippen LogP contribution in [-0.4, -0.2) is 43.4 Å². The smallest absolute Gasteiger partial charge is 0.338 e. The minimum absolute atomic E-state index is 0.265. The summed E-state index contributed by atoms with van der Waals surface area (Å²) in [6.45, 7) is 4.16. The van der Waals surface area contributed by atoms with Gasteiger partial charge in [0.1, 0.15) is 6.29 Å². The van der Waals surface area contributed by atoms with Gasteiger partial charge >= 0.3 is 5.97 Å². The van der Waals surface area contributed by atoms with Gasteiger partial charge in [-0.1, -0.05) is 18.2 Å². The van der Waals surface area contributed by atoms with E-state index in [1.54, 1.807) is 14.2 Å². The summed E-state index contributed by atoms with van der Waals surface area (Å²) in [4.78, 5) is 35.7. The number of carbonyl (C=O) groups excluding carboxylic acids is 3. The van der Waals surface area contributed by atoms with E-state index in [0.717, 1.165) is 23.4 Å². The van der Waals surface area contributed by atoms with Crippen molar-refractivity contribution in [3.8, 4) is 11.5 Å². The predicted molar refractivity (Wildman–Crippen MR) is 124 cm³/mol. The van der Waals surface area contributed by atoms with Crippen molar-refractivity contribution in [2.45, 2.75) is 26.8 Å². The van der Waals surface area contributed by atoms with Crippen molar-refractivity contribution in [2.75, 3.05) is 20.8 Å². The SMILES string of the molecule is COc1ccc(CCn2c(C)cc(C(=O)COC(=O)c3ccc(C=O)cc3)c2C)cc1OC. The molecule has 0 saturated carbocycles. The highest BCUT2D eigenvalue weighted by atomic mass is 16.5. The van der Waals surface area contributed by atoms with Gasteiger partial charge in [-0.2, -0.15) is 0 Å². The van der Waals surface area contributed by atoms with Crippen molar-refractivity contribution in [1.82, 2.24) is 4.57 Å². The molecule has 0 spiro atoms. The van der Waals surface area contributed by atoms with Crippen LogP contribution in [0.5, 0.6) is 11.5 Å². The van der Waals surface area contributed by atoms with E-state index < -0.39 is 5.97 Å². The molecule has 0 unspecified atom stereocenters. The maximum atomic E-state index is 12.7. The summed E-state index contributed by atoms with van der Waals surface area (Å²) >= 11 is 0. The number of benzene rings is 2. The lowest BCUT2D eigenvalue weighted by Gasteiger charge is -2.12.